The number of hydrazone groups is 1. The molecule has 3 aromatic rings. The SMILES string of the molecule is COc1ccccc1/C=N\NC(=O)CCn1cnc2ccccc21. The molecular formula is C18H18N4O2. The average molecular weight is 322 g/mol. The second kappa shape index (κ2) is 7.41. The molecule has 6 heteroatoms. The van der Waals surface area contributed by atoms with E-state index in [0.717, 1.165) is 16.6 Å². The van der Waals surface area contributed by atoms with Crippen LogP contribution in [0.5, 0.6) is 5.75 Å². The van der Waals surface area contributed by atoms with Crippen LogP contribution in [0.3, 0.4) is 0 Å². The van der Waals surface area contributed by atoms with Gasteiger partial charge in [0, 0.05) is 18.5 Å². The summed E-state index contributed by atoms with van der Waals surface area (Å²) in [6, 6.07) is 15.3. The number of imidazole rings is 1. The zero-order valence-electron chi connectivity index (χ0n) is 13.3. The van der Waals surface area contributed by atoms with Crippen LogP contribution in [0.1, 0.15) is 12.0 Å². The number of nitrogens with zero attached hydrogens (tertiary/aromatic N) is 3. The van der Waals surface area contributed by atoms with E-state index in [-0.39, 0.29) is 5.91 Å². The number of fused-ring (bicyclic) bond motifs is 1. The lowest BCUT2D eigenvalue weighted by molar-refractivity contribution is -0.121. The molecule has 0 fully saturated rings. The lowest BCUT2D eigenvalue weighted by atomic mass is 10.2. The fourth-order valence-electron chi connectivity index (χ4n) is 2.41. The summed E-state index contributed by atoms with van der Waals surface area (Å²) in [5, 5.41) is 3.98. The Morgan fingerprint density at radius 2 is 2.04 bits per heavy atom. The van der Waals surface area contributed by atoms with E-state index in [0.29, 0.717) is 18.7 Å². The van der Waals surface area contributed by atoms with Gasteiger partial charge in [-0.1, -0.05) is 24.3 Å². The molecule has 24 heavy (non-hydrogen) atoms. The van der Waals surface area contributed by atoms with E-state index in [2.05, 4.69) is 15.5 Å². The summed E-state index contributed by atoms with van der Waals surface area (Å²) >= 11 is 0. The van der Waals surface area contributed by atoms with E-state index >= 15 is 0 Å². The minimum Gasteiger partial charge on any atom is -0.496 e. The minimum atomic E-state index is -0.154. The Morgan fingerprint density at radius 3 is 2.92 bits per heavy atom. The number of hydrogen-bond donors (Lipinski definition) is 1. The van der Waals surface area contributed by atoms with Crippen LogP contribution < -0.4 is 10.2 Å². The molecule has 2 aromatic carbocycles. The van der Waals surface area contributed by atoms with Crippen LogP contribution in [-0.4, -0.2) is 28.8 Å². The summed E-state index contributed by atoms with van der Waals surface area (Å²) in [6.45, 7) is 0.552. The normalized spacial score (nSPS) is 11.0. The Bertz CT molecular complexity index is 870. The van der Waals surface area contributed by atoms with Gasteiger partial charge in [0.1, 0.15) is 5.75 Å². The number of para-hydroxylation sites is 3. The first-order valence-corrected chi connectivity index (χ1v) is 7.63. The number of methoxy groups -OCH3 is 1. The van der Waals surface area contributed by atoms with Gasteiger partial charge in [-0.2, -0.15) is 5.10 Å². The van der Waals surface area contributed by atoms with E-state index in [1.165, 1.54) is 0 Å². The molecule has 1 N–H and O–H groups in total. The number of amides is 1. The fourth-order valence-corrected chi connectivity index (χ4v) is 2.41. The monoisotopic (exact) mass is 322 g/mol. The molecular weight excluding hydrogens is 304 g/mol. The van der Waals surface area contributed by atoms with Gasteiger partial charge in [0.2, 0.25) is 5.91 Å². The molecule has 0 saturated heterocycles. The van der Waals surface area contributed by atoms with Crippen molar-refractivity contribution in [2.24, 2.45) is 5.10 Å². The Morgan fingerprint density at radius 1 is 1.25 bits per heavy atom. The molecule has 6 nitrogen and oxygen atoms in total. The first-order chi connectivity index (χ1) is 11.8. The maximum atomic E-state index is 11.9. The molecule has 1 heterocycles. The van der Waals surface area contributed by atoms with E-state index < -0.39 is 0 Å². The van der Waals surface area contributed by atoms with Crippen molar-refractivity contribution in [3.63, 3.8) is 0 Å². The van der Waals surface area contributed by atoms with Gasteiger partial charge in [0.15, 0.2) is 0 Å². The predicted octanol–water partition coefficient (Wildman–Crippen LogP) is 2.59. The highest BCUT2D eigenvalue weighted by molar-refractivity contribution is 5.85. The van der Waals surface area contributed by atoms with Crippen molar-refractivity contribution < 1.29 is 9.53 Å². The second-order valence-electron chi connectivity index (χ2n) is 5.21. The van der Waals surface area contributed by atoms with E-state index in [1.807, 2.05) is 53.1 Å². The van der Waals surface area contributed by atoms with Crippen LogP contribution >= 0.6 is 0 Å². The first-order valence-electron chi connectivity index (χ1n) is 7.63. The van der Waals surface area contributed by atoms with Crippen LogP contribution in [-0.2, 0) is 11.3 Å². The third-order valence-electron chi connectivity index (χ3n) is 3.64. The zero-order valence-corrected chi connectivity index (χ0v) is 13.3. The van der Waals surface area contributed by atoms with E-state index in [4.69, 9.17) is 4.74 Å². The molecule has 0 aliphatic rings. The van der Waals surface area contributed by atoms with Crippen molar-refractivity contribution in [3.8, 4) is 5.75 Å². The van der Waals surface area contributed by atoms with Crippen molar-refractivity contribution in [1.82, 2.24) is 15.0 Å². The number of benzene rings is 2. The molecule has 0 radical (unpaired) electrons. The maximum Gasteiger partial charge on any atom is 0.241 e. The van der Waals surface area contributed by atoms with Crippen molar-refractivity contribution in [1.29, 1.82) is 0 Å². The molecule has 0 aliphatic carbocycles. The van der Waals surface area contributed by atoms with Gasteiger partial charge in [-0.3, -0.25) is 4.79 Å². The number of hydrogen-bond acceptors (Lipinski definition) is 4. The Labute approximate surface area is 139 Å². The van der Waals surface area contributed by atoms with Gasteiger partial charge < -0.3 is 9.30 Å². The van der Waals surface area contributed by atoms with E-state index in [9.17, 15) is 4.79 Å². The second-order valence-corrected chi connectivity index (χ2v) is 5.21. The number of nitrogens with one attached hydrogen (secondary N) is 1. The van der Waals surface area contributed by atoms with Crippen LogP contribution in [0, 0.1) is 0 Å². The Balaban J connectivity index is 1.55. The van der Waals surface area contributed by atoms with Crippen molar-refractivity contribution >= 4 is 23.2 Å². The summed E-state index contributed by atoms with van der Waals surface area (Å²) in [5.41, 5.74) is 5.28. The lowest BCUT2D eigenvalue weighted by Gasteiger charge is -2.04. The van der Waals surface area contributed by atoms with E-state index in [1.54, 1.807) is 19.7 Å². The summed E-state index contributed by atoms with van der Waals surface area (Å²) in [6.07, 6.45) is 3.64. The Hall–Kier alpha value is -3.15. The average Bonchev–Trinajstić information content (AvgIpc) is 3.03. The molecule has 3 rings (SSSR count). The number of aromatic nitrogens is 2. The molecule has 122 valence electrons. The molecule has 1 aromatic heterocycles. The van der Waals surface area contributed by atoms with Crippen molar-refractivity contribution in [3.05, 3.63) is 60.4 Å². The maximum absolute atomic E-state index is 11.9. The highest BCUT2D eigenvalue weighted by atomic mass is 16.5. The predicted molar refractivity (Wildman–Crippen MR) is 93.1 cm³/mol. The fraction of sp³-hybridized carbons (Fsp3) is 0.167. The molecule has 0 spiro atoms. The highest BCUT2D eigenvalue weighted by Crippen LogP contribution is 2.14. The lowest BCUT2D eigenvalue weighted by Crippen LogP contribution is -2.19. The quantitative estimate of drug-likeness (QED) is 0.560. The number of carbonyl (C=O) groups is 1. The third-order valence-corrected chi connectivity index (χ3v) is 3.64. The van der Waals surface area contributed by atoms with Crippen molar-refractivity contribution in [2.75, 3.05) is 7.11 Å². The molecule has 0 bridgehead atoms. The van der Waals surface area contributed by atoms with Crippen LogP contribution in [0.15, 0.2) is 60.0 Å². The standard InChI is InChI=1S/C18H18N4O2/c1-24-17-9-5-2-6-14(17)12-20-21-18(23)10-11-22-13-19-15-7-3-4-8-16(15)22/h2-9,12-13H,10-11H2,1H3,(H,21,23)/b20-12-. The smallest absolute Gasteiger partial charge is 0.241 e. The Kier molecular flexibility index (Phi) is 4.86. The van der Waals surface area contributed by atoms with Crippen LogP contribution in [0.4, 0.5) is 0 Å². The number of carbonyl (C=O) groups excluding carboxylic acids is 1. The third kappa shape index (κ3) is 3.60. The molecule has 0 atom stereocenters. The van der Waals surface area contributed by atoms with Gasteiger partial charge in [0.05, 0.1) is 30.7 Å². The number of aryl methyl sites for hydroxylation is 1. The largest absolute Gasteiger partial charge is 0.496 e. The molecule has 1 amide bonds. The van der Waals surface area contributed by atoms with Crippen LogP contribution in [0.25, 0.3) is 11.0 Å². The number of ether oxygens (including phenoxy) is 1. The highest BCUT2D eigenvalue weighted by Gasteiger charge is 2.05. The molecule has 0 saturated carbocycles. The number of rotatable bonds is 6. The summed E-state index contributed by atoms with van der Waals surface area (Å²) in [5.74, 6) is 0.555. The topological polar surface area (TPSA) is 68.5 Å². The van der Waals surface area contributed by atoms with Crippen molar-refractivity contribution in [2.45, 2.75) is 13.0 Å². The minimum absolute atomic E-state index is 0.154. The van der Waals surface area contributed by atoms with Gasteiger partial charge in [-0.05, 0) is 24.3 Å². The first kappa shape index (κ1) is 15.7. The van der Waals surface area contributed by atoms with Gasteiger partial charge >= 0.3 is 0 Å². The molecule has 0 unspecified atom stereocenters. The van der Waals surface area contributed by atoms with Gasteiger partial charge in [-0.15, -0.1) is 0 Å². The van der Waals surface area contributed by atoms with Gasteiger partial charge in [-0.25, -0.2) is 10.4 Å². The summed E-state index contributed by atoms with van der Waals surface area (Å²) < 4.78 is 7.18. The zero-order chi connectivity index (χ0) is 16.8. The molecule has 0 aliphatic heterocycles. The van der Waals surface area contributed by atoms with Crippen LogP contribution in [0.2, 0.25) is 0 Å². The summed E-state index contributed by atoms with van der Waals surface area (Å²) in [7, 11) is 1.60. The van der Waals surface area contributed by atoms with Gasteiger partial charge in [0.25, 0.3) is 0 Å². The summed E-state index contributed by atoms with van der Waals surface area (Å²) in [4.78, 5) is 16.2.